The molecule has 0 radical (unpaired) electrons. The lowest BCUT2D eigenvalue weighted by atomic mass is 10.3. The van der Waals surface area contributed by atoms with Crippen LogP contribution in [0.25, 0.3) is 0 Å². The lowest BCUT2D eigenvalue weighted by Crippen LogP contribution is -2.46. The van der Waals surface area contributed by atoms with Gasteiger partial charge in [0.15, 0.2) is 0 Å². The fraction of sp³-hybridized carbons (Fsp3) is 0.611. The number of piperazine rings is 1. The Balaban J connectivity index is 1.36. The molecule has 0 N–H and O–H groups in total. The van der Waals surface area contributed by atoms with E-state index in [1.54, 1.807) is 0 Å². The highest BCUT2D eigenvalue weighted by molar-refractivity contribution is 5.44. The number of aromatic nitrogens is 4. The fourth-order valence-electron chi connectivity index (χ4n) is 3.66. The average Bonchev–Trinajstić information content (AvgIpc) is 3.26. The van der Waals surface area contributed by atoms with Gasteiger partial charge in [-0.05, 0) is 31.9 Å². The van der Waals surface area contributed by atoms with Crippen molar-refractivity contribution in [3.05, 3.63) is 29.7 Å². The monoisotopic (exact) mass is 341 g/mol. The predicted molar refractivity (Wildman–Crippen MR) is 98.9 cm³/mol. The number of hydrogen-bond acceptors (Lipinski definition) is 6. The molecule has 2 aliphatic heterocycles. The van der Waals surface area contributed by atoms with Crippen LogP contribution in [0.15, 0.2) is 18.3 Å². The lowest BCUT2D eigenvalue weighted by molar-refractivity contribution is 0.245. The highest BCUT2D eigenvalue weighted by atomic mass is 15.3. The maximum atomic E-state index is 4.81. The molecule has 0 saturated carbocycles. The molecule has 134 valence electrons. The molecule has 4 heterocycles. The van der Waals surface area contributed by atoms with Crippen LogP contribution in [0.2, 0.25) is 0 Å². The molecule has 7 heteroatoms. The van der Waals surface area contributed by atoms with Gasteiger partial charge in [0.25, 0.3) is 0 Å². The molecule has 25 heavy (non-hydrogen) atoms. The molecule has 2 aromatic rings. The minimum atomic E-state index is 0.873. The standard InChI is InChI=1S/C18H27N7/c1-15-13-16(21-22(15)2)14-23-9-11-25(12-10-23)18-19-6-5-17(20-18)24-7-3-4-8-24/h5-6,13H,3-4,7-12,14H2,1-2H3. The van der Waals surface area contributed by atoms with E-state index in [0.29, 0.717) is 0 Å². The highest BCUT2D eigenvalue weighted by Crippen LogP contribution is 2.20. The van der Waals surface area contributed by atoms with Crippen molar-refractivity contribution in [1.29, 1.82) is 0 Å². The van der Waals surface area contributed by atoms with Gasteiger partial charge >= 0.3 is 0 Å². The highest BCUT2D eigenvalue weighted by Gasteiger charge is 2.21. The van der Waals surface area contributed by atoms with Gasteiger partial charge in [-0.25, -0.2) is 4.98 Å². The normalized spacial score (nSPS) is 19.0. The van der Waals surface area contributed by atoms with Gasteiger partial charge < -0.3 is 9.80 Å². The molecule has 7 nitrogen and oxygen atoms in total. The molecular formula is C18H27N7. The quantitative estimate of drug-likeness (QED) is 0.839. The molecule has 0 unspecified atom stereocenters. The number of nitrogens with zero attached hydrogens (tertiary/aromatic N) is 7. The number of rotatable bonds is 4. The summed E-state index contributed by atoms with van der Waals surface area (Å²) in [7, 11) is 2.00. The lowest BCUT2D eigenvalue weighted by Gasteiger charge is -2.34. The van der Waals surface area contributed by atoms with Crippen molar-refractivity contribution in [2.24, 2.45) is 7.05 Å². The number of anilines is 2. The topological polar surface area (TPSA) is 53.3 Å². The first-order valence-electron chi connectivity index (χ1n) is 9.24. The molecule has 0 aromatic carbocycles. The summed E-state index contributed by atoms with van der Waals surface area (Å²) in [4.78, 5) is 16.5. The first-order valence-corrected chi connectivity index (χ1v) is 9.24. The minimum absolute atomic E-state index is 0.873. The third-order valence-corrected chi connectivity index (χ3v) is 5.26. The molecule has 0 bridgehead atoms. The molecule has 0 spiro atoms. The largest absolute Gasteiger partial charge is 0.356 e. The SMILES string of the molecule is Cc1cc(CN2CCN(c3nccc(N4CCCC4)n3)CC2)nn1C. The molecule has 4 rings (SSSR count). The maximum Gasteiger partial charge on any atom is 0.227 e. The van der Waals surface area contributed by atoms with Crippen LogP contribution in [-0.2, 0) is 13.6 Å². The van der Waals surface area contributed by atoms with E-state index in [2.05, 4.69) is 37.8 Å². The van der Waals surface area contributed by atoms with Crippen LogP contribution in [0.3, 0.4) is 0 Å². The van der Waals surface area contributed by atoms with E-state index < -0.39 is 0 Å². The van der Waals surface area contributed by atoms with E-state index >= 15 is 0 Å². The zero-order chi connectivity index (χ0) is 17.2. The summed E-state index contributed by atoms with van der Waals surface area (Å²) in [6.45, 7) is 9.23. The molecule has 0 amide bonds. The zero-order valence-corrected chi connectivity index (χ0v) is 15.2. The van der Waals surface area contributed by atoms with Crippen molar-refractivity contribution in [3.63, 3.8) is 0 Å². The summed E-state index contributed by atoms with van der Waals surface area (Å²) >= 11 is 0. The fourth-order valence-corrected chi connectivity index (χ4v) is 3.66. The van der Waals surface area contributed by atoms with E-state index in [0.717, 1.165) is 63.3 Å². The molecule has 0 aliphatic carbocycles. The molecule has 2 aromatic heterocycles. The summed E-state index contributed by atoms with van der Waals surface area (Å²) in [6.07, 6.45) is 4.44. The molecular weight excluding hydrogens is 314 g/mol. The number of aryl methyl sites for hydroxylation is 2. The van der Waals surface area contributed by atoms with Gasteiger partial charge in [-0.3, -0.25) is 9.58 Å². The van der Waals surface area contributed by atoms with Crippen LogP contribution in [-0.4, -0.2) is 63.9 Å². The van der Waals surface area contributed by atoms with Crippen molar-refractivity contribution >= 4 is 11.8 Å². The van der Waals surface area contributed by atoms with Gasteiger partial charge in [0, 0.05) is 64.8 Å². The maximum absolute atomic E-state index is 4.81. The summed E-state index contributed by atoms with van der Waals surface area (Å²) in [5.74, 6) is 1.95. The Morgan fingerprint density at radius 1 is 1.00 bits per heavy atom. The number of hydrogen-bond donors (Lipinski definition) is 0. The van der Waals surface area contributed by atoms with Crippen LogP contribution in [0, 0.1) is 6.92 Å². The molecule has 2 fully saturated rings. The van der Waals surface area contributed by atoms with Gasteiger partial charge in [0.1, 0.15) is 5.82 Å². The predicted octanol–water partition coefficient (Wildman–Crippen LogP) is 1.44. The van der Waals surface area contributed by atoms with Crippen molar-refractivity contribution in [1.82, 2.24) is 24.6 Å². The molecule has 2 saturated heterocycles. The average molecular weight is 341 g/mol. The zero-order valence-electron chi connectivity index (χ0n) is 15.2. The Morgan fingerprint density at radius 2 is 1.76 bits per heavy atom. The third-order valence-electron chi connectivity index (χ3n) is 5.26. The third kappa shape index (κ3) is 3.61. The van der Waals surface area contributed by atoms with Crippen molar-refractivity contribution in [3.8, 4) is 0 Å². The Hall–Kier alpha value is -2.15. The first kappa shape index (κ1) is 16.3. The van der Waals surface area contributed by atoms with Gasteiger partial charge in [-0.1, -0.05) is 0 Å². The summed E-state index contributed by atoms with van der Waals surface area (Å²) in [5.41, 5.74) is 2.36. The molecule has 2 aliphatic rings. The summed E-state index contributed by atoms with van der Waals surface area (Å²) < 4.78 is 1.95. The van der Waals surface area contributed by atoms with Crippen LogP contribution in [0.1, 0.15) is 24.2 Å². The van der Waals surface area contributed by atoms with E-state index in [1.165, 1.54) is 18.5 Å². The van der Waals surface area contributed by atoms with Gasteiger partial charge in [0.05, 0.1) is 5.69 Å². The van der Waals surface area contributed by atoms with Gasteiger partial charge in [-0.2, -0.15) is 10.1 Å². The summed E-state index contributed by atoms with van der Waals surface area (Å²) in [5, 5.41) is 4.57. The van der Waals surface area contributed by atoms with Crippen LogP contribution in [0.5, 0.6) is 0 Å². The first-order chi connectivity index (χ1) is 12.2. The van der Waals surface area contributed by atoms with Crippen LogP contribution >= 0.6 is 0 Å². The second-order valence-electron chi connectivity index (χ2n) is 7.07. The van der Waals surface area contributed by atoms with Crippen molar-refractivity contribution in [2.75, 3.05) is 49.1 Å². The van der Waals surface area contributed by atoms with E-state index in [-0.39, 0.29) is 0 Å². The van der Waals surface area contributed by atoms with Gasteiger partial charge in [0.2, 0.25) is 5.95 Å². The van der Waals surface area contributed by atoms with Crippen LogP contribution < -0.4 is 9.80 Å². The van der Waals surface area contributed by atoms with E-state index in [9.17, 15) is 0 Å². The Kier molecular flexibility index (Phi) is 4.57. The smallest absolute Gasteiger partial charge is 0.227 e. The van der Waals surface area contributed by atoms with Crippen LogP contribution in [0.4, 0.5) is 11.8 Å². The second-order valence-corrected chi connectivity index (χ2v) is 7.07. The second kappa shape index (κ2) is 7.00. The Morgan fingerprint density at radius 3 is 2.44 bits per heavy atom. The van der Waals surface area contributed by atoms with E-state index in [4.69, 9.17) is 4.98 Å². The Bertz CT molecular complexity index is 692. The van der Waals surface area contributed by atoms with Gasteiger partial charge in [-0.15, -0.1) is 0 Å². The Labute approximate surface area is 149 Å². The minimum Gasteiger partial charge on any atom is -0.356 e. The molecule has 0 atom stereocenters. The van der Waals surface area contributed by atoms with Crippen molar-refractivity contribution in [2.45, 2.75) is 26.3 Å². The van der Waals surface area contributed by atoms with E-state index in [1.807, 2.05) is 24.0 Å². The summed E-state index contributed by atoms with van der Waals surface area (Å²) in [6, 6.07) is 4.21. The van der Waals surface area contributed by atoms with Crippen molar-refractivity contribution < 1.29 is 0 Å².